The van der Waals surface area contributed by atoms with Gasteiger partial charge in [-0.25, -0.2) is 0 Å². The molecular weight excluding hydrogens is 373 g/mol. The average Bonchev–Trinajstić information content (AvgIpc) is 3.16. The number of rotatable bonds is 5. The van der Waals surface area contributed by atoms with Crippen LogP contribution < -0.4 is 0 Å². The molecule has 0 spiro atoms. The molecular formula is C20H17F3N2OS. The predicted octanol–water partition coefficient (Wildman–Crippen LogP) is 5.49. The van der Waals surface area contributed by atoms with E-state index in [9.17, 15) is 18.0 Å². The molecule has 0 atom stereocenters. The number of aromatic nitrogens is 1. The SMILES string of the molecule is CCN(Cc1ccncc1)C(=O)c1ccc(-c2cccc(C(F)(F)F)c2)s1. The fourth-order valence-corrected chi connectivity index (χ4v) is 3.62. The summed E-state index contributed by atoms with van der Waals surface area (Å²) >= 11 is 1.20. The number of nitrogens with zero attached hydrogens (tertiary/aromatic N) is 2. The third kappa shape index (κ3) is 4.54. The number of hydrogen-bond donors (Lipinski definition) is 0. The van der Waals surface area contributed by atoms with Gasteiger partial charge in [-0.1, -0.05) is 12.1 Å². The number of hydrogen-bond acceptors (Lipinski definition) is 3. The zero-order valence-corrected chi connectivity index (χ0v) is 15.3. The Hall–Kier alpha value is -2.67. The lowest BCUT2D eigenvalue weighted by Crippen LogP contribution is -2.29. The second-order valence-corrected chi connectivity index (χ2v) is 7.00. The number of halogens is 3. The third-order valence-electron chi connectivity index (χ3n) is 4.08. The Kier molecular flexibility index (Phi) is 5.60. The van der Waals surface area contributed by atoms with Crippen molar-refractivity contribution in [2.75, 3.05) is 6.54 Å². The smallest absolute Gasteiger partial charge is 0.334 e. The van der Waals surface area contributed by atoms with E-state index in [4.69, 9.17) is 0 Å². The van der Waals surface area contributed by atoms with E-state index in [-0.39, 0.29) is 5.91 Å². The maximum Gasteiger partial charge on any atom is 0.416 e. The molecule has 1 amide bonds. The van der Waals surface area contributed by atoms with E-state index in [1.807, 2.05) is 19.1 Å². The Balaban J connectivity index is 1.81. The van der Waals surface area contributed by atoms with Gasteiger partial charge < -0.3 is 4.90 Å². The summed E-state index contributed by atoms with van der Waals surface area (Å²) in [5, 5.41) is 0. The Morgan fingerprint density at radius 3 is 2.52 bits per heavy atom. The Morgan fingerprint density at radius 2 is 1.85 bits per heavy atom. The summed E-state index contributed by atoms with van der Waals surface area (Å²) in [5.74, 6) is -0.141. The van der Waals surface area contributed by atoms with Crippen molar-refractivity contribution in [2.45, 2.75) is 19.6 Å². The molecule has 3 nitrogen and oxygen atoms in total. The van der Waals surface area contributed by atoms with Gasteiger partial charge >= 0.3 is 6.18 Å². The Morgan fingerprint density at radius 1 is 1.11 bits per heavy atom. The van der Waals surface area contributed by atoms with E-state index in [0.717, 1.165) is 17.7 Å². The summed E-state index contributed by atoms with van der Waals surface area (Å²) < 4.78 is 38.7. The Bertz CT molecular complexity index is 922. The van der Waals surface area contributed by atoms with Gasteiger partial charge in [-0.15, -0.1) is 11.3 Å². The van der Waals surface area contributed by atoms with Crippen molar-refractivity contribution in [3.05, 3.63) is 76.9 Å². The molecule has 3 aromatic rings. The second-order valence-electron chi connectivity index (χ2n) is 5.92. The minimum absolute atomic E-state index is 0.141. The van der Waals surface area contributed by atoms with Crippen molar-refractivity contribution >= 4 is 17.2 Å². The minimum atomic E-state index is -4.39. The molecule has 0 aliphatic rings. The van der Waals surface area contributed by atoms with Gasteiger partial charge in [0.25, 0.3) is 5.91 Å². The number of thiophene rings is 1. The fourth-order valence-electron chi connectivity index (χ4n) is 2.65. The number of pyridine rings is 1. The van der Waals surface area contributed by atoms with Crippen molar-refractivity contribution in [1.82, 2.24) is 9.88 Å². The van der Waals surface area contributed by atoms with Crippen molar-refractivity contribution in [1.29, 1.82) is 0 Å². The molecule has 0 aliphatic carbocycles. The van der Waals surface area contributed by atoms with Crippen LogP contribution in [0, 0.1) is 0 Å². The zero-order valence-electron chi connectivity index (χ0n) is 14.5. The van der Waals surface area contributed by atoms with Crippen molar-refractivity contribution in [3.8, 4) is 10.4 Å². The first-order valence-corrected chi connectivity index (χ1v) is 9.16. The highest BCUT2D eigenvalue weighted by Gasteiger charge is 2.30. The van der Waals surface area contributed by atoms with Crippen LogP contribution in [0.3, 0.4) is 0 Å². The summed E-state index contributed by atoms with van der Waals surface area (Å²) in [6.07, 6.45) is -1.05. The van der Waals surface area contributed by atoms with Gasteiger partial charge in [-0.2, -0.15) is 13.2 Å². The average molecular weight is 390 g/mol. The molecule has 0 saturated carbocycles. The maximum atomic E-state index is 12.9. The lowest BCUT2D eigenvalue weighted by Gasteiger charge is -2.20. The lowest BCUT2D eigenvalue weighted by molar-refractivity contribution is -0.137. The van der Waals surface area contributed by atoms with Crippen LogP contribution in [0.4, 0.5) is 13.2 Å². The normalized spacial score (nSPS) is 11.4. The largest absolute Gasteiger partial charge is 0.416 e. The van der Waals surface area contributed by atoms with Crippen LogP contribution >= 0.6 is 11.3 Å². The van der Waals surface area contributed by atoms with Crippen molar-refractivity contribution < 1.29 is 18.0 Å². The van der Waals surface area contributed by atoms with E-state index in [1.165, 1.54) is 17.4 Å². The first kappa shape index (κ1) is 19.1. The summed E-state index contributed by atoms with van der Waals surface area (Å²) in [6.45, 7) is 2.87. The minimum Gasteiger partial charge on any atom is -0.334 e. The zero-order chi connectivity index (χ0) is 19.4. The second kappa shape index (κ2) is 7.92. The molecule has 2 aromatic heterocycles. The van der Waals surface area contributed by atoms with Crippen LogP contribution in [0.5, 0.6) is 0 Å². The van der Waals surface area contributed by atoms with Crippen LogP contribution in [0.15, 0.2) is 60.9 Å². The highest BCUT2D eigenvalue weighted by molar-refractivity contribution is 7.17. The van der Waals surface area contributed by atoms with E-state index in [1.54, 1.807) is 35.5 Å². The summed E-state index contributed by atoms with van der Waals surface area (Å²) in [5.41, 5.74) is 0.718. The van der Waals surface area contributed by atoms with Gasteiger partial charge in [-0.05, 0) is 54.4 Å². The maximum absolute atomic E-state index is 12.9. The lowest BCUT2D eigenvalue weighted by atomic mass is 10.1. The standard InChI is InChI=1S/C20H17F3N2OS/c1-2-25(13-14-8-10-24-11-9-14)19(26)18-7-6-17(27-18)15-4-3-5-16(12-15)20(21,22)23/h3-12H,2,13H2,1H3. The van der Waals surface area contributed by atoms with E-state index >= 15 is 0 Å². The quantitative estimate of drug-likeness (QED) is 0.577. The molecule has 1 aromatic carbocycles. The molecule has 0 bridgehead atoms. The number of amides is 1. The molecule has 2 heterocycles. The van der Waals surface area contributed by atoms with E-state index in [0.29, 0.717) is 28.4 Å². The molecule has 0 N–H and O–H groups in total. The summed E-state index contributed by atoms with van der Waals surface area (Å²) in [6, 6.07) is 12.2. The molecule has 27 heavy (non-hydrogen) atoms. The molecule has 0 aliphatic heterocycles. The summed E-state index contributed by atoms with van der Waals surface area (Å²) in [4.78, 5) is 19.6. The van der Waals surface area contributed by atoms with Gasteiger partial charge in [0.05, 0.1) is 10.4 Å². The molecule has 0 saturated heterocycles. The van der Waals surface area contributed by atoms with Gasteiger partial charge in [0.2, 0.25) is 0 Å². The molecule has 0 unspecified atom stereocenters. The first-order chi connectivity index (χ1) is 12.9. The Labute approximate surface area is 159 Å². The molecule has 0 radical (unpaired) electrons. The van der Waals surface area contributed by atoms with Crippen LogP contribution in [-0.4, -0.2) is 22.3 Å². The van der Waals surface area contributed by atoms with Crippen LogP contribution in [0.25, 0.3) is 10.4 Å². The van der Waals surface area contributed by atoms with Gasteiger partial charge in [0.15, 0.2) is 0 Å². The van der Waals surface area contributed by atoms with Gasteiger partial charge in [-0.3, -0.25) is 9.78 Å². The third-order valence-corrected chi connectivity index (χ3v) is 5.21. The highest BCUT2D eigenvalue weighted by atomic mass is 32.1. The van der Waals surface area contributed by atoms with Crippen LogP contribution in [0.1, 0.15) is 27.7 Å². The molecule has 0 fully saturated rings. The number of alkyl halides is 3. The summed E-state index contributed by atoms with van der Waals surface area (Å²) in [7, 11) is 0. The topological polar surface area (TPSA) is 33.2 Å². The van der Waals surface area contributed by atoms with Crippen molar-refractivity contribution in [2.24, 2.45) is 0 Å². The van der Waals surface area contributed by atoms with Crippen molar-refractivity contribution in [3.63, 3.8) is 0 Å². The number of carbonyl (C=O) groups excluding carboxylic acids is 1. The predicted molar refractivity (Wildman–Crippen MR) is 99.4 cm³/mol. The molecule has 3 rings (SSSR count). The van der Waals surface area contributed by atoms with E-state index in [2.05, 4.69) is 4.98 Å². The van der Waals surface area contributed by atoms with E-state index < -0.39 is 11.7 Å². The molecule has 7 heteroatoms. The highest BCUT2D eigenvalue weighted by Crippen LogP contribution is 2.34. The number of benzene rings is 1. The first-order valence-electron chi connectivity index (χ1n) is 8.34. The molecule has 140 valence electrons. The van der Waals surface area contributed by atoms with Gasteiger partial charge in [0, 0.05) is 30.4 Å². The van der Waals surface area contributed by atoms with Crippen LogP contribution in [-0.2, 0) is 12.7 Å². The van der Waals surface area contributed by atoms with Gasteiger partial charge in [0.1, 0.15) is 0 Å². The number of carbonyl (C=O) groups is 1. The fraction of sp³-hybridized carbons (Fsp3) is 0.200. The van der Waals surface area contributed by atoms with Crippen LogP contribution in [0.2, 0.25) is 0 Å². The monoisotopic (exact) mass is 390 g/mol.